The Balaban J connectivity index is 1.59. The summed E-state index contributed by atoms with van der Waals surface area (Å²) >= 11 is 0. The molecule has 0 aromatic rings. The molecule has 2 bridgehead atoms. The fourth-order valence-corrected chi connectivity index (χ4v) is 5.88. The summed E-state index contributed by atoms with van der Waals surface area (Å²) in [6.45, 7) is 1.35. The predicted molar refractivity (Wildman–Crippen MR) is 77.0 cm³/mol. The number of aliphatic hydroxyl groups excluding tert-OH is 1. The third-order valence-electron chi connectivity index (χ3n) is 6.93. The van der Waals surface area contributed by atoms with E-state index in [9.17, 15) is 5.11 Å². The van der Waals surface area contributed by atoms with Gasteiger partial charge in [0.05, 0.1) is 6.10 Å². The molecule has 2 atom stereocenters. The van der Waals surface area contributed by atoms with Crippen LogP contribution >= 0.6 is 0 Å². The molecule has 0 radical (unpaired) electrons. The van der Waals surface area contributed by atoms with Crippen LogP contribution in [-0.2, 0) is 0 Å². The van der Waals surface area contributed by atoms with Gasteiger partial charge in [0.25, 0.3) is 0 Å². The first kappa shape index (κ1) is 12.6. The van der Waals surface area contributed by atoms with Gasteiger partial charge in [-0.3, -0.25) is 4.90 Å². The van der Waals surface area contributed by atoms with Crippen LogP contribution in [-0.4, -0.2) is 34.7 Å². The average molecular weight is 263 g/mol. The van der Waals surface area contributed by atoms with Crippen LogP contribution in [0.15, 0.2) is 0 Å². The Morgan fingerprint density at radius 1 is 0.895 bits per heavy atom. The second kappa shape index (κ2) is 4.73. The Morgan fingerprint density at radius 2 is 1.63 bits per heavy atom. The second-order valence-corrected chi connectivity index (χ2v) is 7.88. The first-order chi connectivity index (χ1) is 9.27. The van der Waals surface area contributed by atoms with Crippen LogP contribution in [0.1, 0.15) is 70.6 Å². The van der Waals surface area contributed by atoms with Crippen LogP contribution in [0.4, 0.5) is 0 Å². The van der Waals surface area contributed by atoms with Crippen molar-refractivity contribution in [3.8, 4) is 0 Å². The molecule has 2 nitrogen and oxygen atoms in total. The number of aliphatic hydroxyl groups is 1. The first-order valence-electron chi connectivity index (χ1n) is 8.71. The zero-order chi connectivity index (χ0) is 12.9. The number of hydrogen-bond donors (Lipinski definition) is 1. The van der Waals surface area contributed by atoms with Crippen LogP contribution in [0.3, 0.4) is 0 Å². The molecule has 3 aliphatic carbocycles. The largest absolute Gasteiger partial charge is 0.393 e. The van der Waals surface area contributed by atoms with E-state index in [0.29, 0.717) is 11.5 Å². The summed E-state index contributed by atoms with van der Waals surface area (Å²) in [5.74, 6) is 0.975. The molecule has 5 fully saturated rings. The normalized spacial score (nSPS) is 45.9. The minimum Gasteiger partial charge on any atom is -0.393 e. The van der Waals surface area contributed by atoms with Crippen LogP contribution in [0.2, 0.25) is 0 Å². The zero-order valence-electron chi connectivity index (χ0n) is 12.2. The molecule has 1 spiro atoms. The van der Waals surface area contributed by atoms with Crippen LogP contribution in [0.25, 0.3) is 0 Å². The average Bonchev–Trinajstić information content (AvgIpc) is 2.92. The van der Waals surface area contributed by atoms with Gasteiger partial charge in [-0.2, -0.15) is 0 Å². The fraction of sp³-hybridized carbons (Fsp3) is 1.00. The van der Waals surface area contributed by atoms with Crippen molar-refractivity contribution < 1.29 is 5.11 Å². The van der Waals surface area contributed by atoms with Gasteiger partial charge < -0.3 is 5.11 Å². The molecule has 2 heteroatoms. The van der Waals surface area contributed by atoms with Crippen molar-refractivity contribution in [2.24, 2.45) is 11.3 Å². The van der Waals surface area contributed by atoms with Gasteiger partial charge in [-0.25, -0.2) is 0 Å². The summed E-state index contributed by atoms with van der Waals surface area (Å²) in [5.41, 5.74) is 0.594. The van der Waals surface area contributed by atoms with E-state index >= 15 is 0 Å². The van der Waals surface area contributed by atoms with E-state index in [4.69, 9.17) is 0 Å². The topological polar surface area (TPSA) is 23.5 Å². The van der Waals surface area contributed by atoms with E-state index < -0.39 is 0 Å². The summed E-state index contributed by atoms with van der Waals surface area (Å²) < 4.78 is 0. The number of piperidine rings is 2. The highest BCUT2D eigenvalue weighted by Crippen LogP contribution is 2.53. The number of hydrogen-bond acceptors (Lipinski definition) is 2. The lowest BCUT2D eigenvalue weighted by molar-refractivity contribution is -0.0809. The molecule has 108 valence electrons. The molecule has 2 unspecified atom stereocenters. The molecule has 0 aromatic carbocycles. The Labute approximate surface area is 117 Å². The van der Waals surface area contributed by atoms with E-state index in [0.717, 1.165) is 24.8 Å². The van der Waals surface area contributed by atoms with Crippen molar-refractivity contribution in [3.63, 3.8) is 0 Å². The van der Waals surface area contributed by atoms with Gasteiger partial charge in [0.15, 0.2) is 0 Å². The van der Waals surface area contributed by atoms with Crippen molar-refractivity contribution in [3.05, 3.63) is 0 Å². The molecule has 3 saturated carbocycles. The quantitative estimate of drug-likeness (QED) is 0.784. The Hall–Kier alpha value is -0.0800. The summed E-state index contributed by atoms with van der Waals surface area (Å²) in [4.78, 5) is 2.88. The van der Waals surface area contributed by atoms with Crippen molar-refractivity contribution >= 4 is 0 Å². The standard InChI is InChI=1S/C17H29NO/c19-15-7-10-17(8-1-2-9-17)16(11-15)18-12-13-3-5-14(18)6-4-13/h13-16,19H,1-12H2. The van der Waals surface area contributed by atoms with Crippen molar-refractivity contribution in [2.75, 3.05) is 6.54 Å². The Kier molecular flexibility index (Phi) is 3.15. The summed E-state index contributed by atoms with van der Waals surface area (Å²) in [6, 6.07) is 1.57. The molecular formula is C17H29NO. The number of rotatable bonds is 1. The minimum absolute atomic E-state index is 0.0170. The maximum atomic E-state index is 10.2. The van der Waals surface area contributed by atoms with Gasteiger partial charge in [-0.1, -0.05) is 12.8 Å². The van der Waals surface area contributed by atoms with E-state index in [1.165, 1.54) is 64.3 Å². The molecule has 0 aromatic heterocycles. The van der Waals surface area contributed by atoms with Gasteiger partial charge in [0.2, 0.25) is 0 Å². The third-order valence-corrected chi connectivity index (χ3v) is 6.93. The second-order valence-electron chi connectivity index (χ2n) is 7.88. The Bertz CT molecular complexity index is 328. The summed E-state index contributed by atoms with van der Waals surface area (Å²) in [6.07, 6.45) is 15.0. The highest BCUT2D eigenvalue weighted by Gasteiger charge is 2.50. The smallest absolute Gasteiger partial charge is 0.0555 e. The maximum absolute atomic E-state index is 10.2. The third kappa shape index (κ3) is 2.06. The Morgan fingerprint density at radius 3 is 2.26 bits per heavy atom. The van der Waals surface area contributed by atoms with E-state index in [1.54, 1.807) is 0 Å². The predicted octanol–water partition coefficient (Wildman–Crippen LogP) is 3.33. The highest BCUT2D eigenvalue weighted by molar-refractivity contribution is 5.04. The lowest BCUT2D eigenvalue weighted by Crippen LogP contribution is -2.59. The molecule has 2 saturated heterocycles. The number of fused-ring (bicyclic) bond motifs is 3. The minimum atomic E-state index is -0.0170. The van der Waals surface area contributed by atoms with E-state index in [-0.39, 0.29) is 6.10 Å². The molecule has 5 aliphatic rings. The molecule has 19 heavy (non-hydrogen) atoms. The number of nitrogens with zero attached hydrogens (tertiary/aromatic N) is 1. The zero-order valence-corrected chi connectivity index (χ0v) is 12.2. The lowest BCUT2D eigenvalue weighted by atomic mass is 9.65. The molecular weight excluding hydrogens is 234 g/mol. The van der Waals surface area contributed by atoms with Crippen molar-refractivity contribution in [1.29, 1.82) is 0 Å². The van der Waals surface area contributed by atoms with Gasteiger partial charge in [0, 0.05) is 18.6 Å². The monoisotopic (exact) mass is 263 g/mol. The summed E-state index contributed by atoms with van der Waals surface area (Å²) in [7, 11) is 0. The van der Waals surface area contributed by atoms with E-state index in [1.807, 2.05) is 0 Å². The summed E-state index contributed by atoms with van der Waals surface area (Å²) in [5, 5.41) is 10.2. The SMILES string of the molecule is OC1CCC2(CCCC2)C(N2CC3CCC2CC3)C1. The van der Waals surface area contributed by atoms with Crippen molar-refractivity contribution in [2.45, 2.75) is 88.8 Å². The molecule has 0 amide bonds. The first-order valence-corrected chi connectivity index (χ1v) is 8.71. The van der Waals surface area contributed by atoms with Crippen molar-refractivity contribution in [1.82, 2.24) is 4.90 Å². The van der Waals surface area contributed by atoms with Gasteiger partial charge in [-0.15, -0.1) is 0 Å². The van der Waals surface area contributed by atoms with Crippen LogP contribution < -0.4 is 0 Å². The van der Waals surface area contributed by atoms with Crippen LogP contribution in [0, 0.1) is 11.3 Å². The fourth-order valence-electron chi connectivity index (χ4n) is 5.88. The molecule has 5 rings (SSSR count). The highest BCUT2D eigenvalue weighted by atomic mass is 16.3. The molecule has 1 N–H and O–H groups in total. The van der Waals surface area contributed by atoms with E-state index in [2.05, 4.69) is 4.90 Å². The maximum Gasteiger partial charge on any atom is 0.0555 e. The van der Waals surface area contributed by atoms with Gasteiger partial charge >= 0.3 is 0 Å². The molecule has 2 heterocycles. The van der Waals surface area contributed by atoms with Crippen LogP contribution in [0.5, 0.6) is 0 Å². The van der Waals surface area contributed by atoms with Gasteiger partial charge in [0.1, 0.15) is 0 Å². The lowest BCUT2D eigenvalue weighted by Gasteiger charge is -2.56. The molecule has 2 aliphatic heterocycles. The van der Waals surface area contributed by atoms with Gasteiger partial charge in [-0.05, 0) is 69.1 Å².